The molecule has 0 unspecified atom stereocenters. The van der Waals surface area contributed by atoms with Crippen LogP contribution in [0.1, 0.15) is 22.8 Å². The second-order valence-electron chi connectivity index (χ2n) is 2.91. The molecule has 17 heavy (non-hydrogen) atoms. The van der Waals surface area contributed by atoms with Crippen LogP contribution in [0.5, 0.6) is 0 Å². The Bertz CT molecular complexity index is 522. The topological polar surface area (TPSA) is 93.2 Å². The third-order valence-electron chi connectivity index (χ3n) is 1.91. The average Bonchev–Trinajstić information content (AvgIpc) is 2.28. The summed E-state index contributed by atoms with van der Waals surface area (Å²) in [6, 6.07) is 4.34. The molecule has 7 heteroatoms. The van der Waals surface area contributed by atoms with Crippen molar-refractivity contribution in [2.75, 3.05) is 6.61 Å². The first-order valence-corrected chi connectivity index (χ1v) is 5.36. The van der Waals surface area contributed by atoms with Crippen LogP contribution in [0.4, 0.5) is 5.69 Å². The van der Waals surface area contributed by atoms with Crippen LogP contribution in [0.25, 0.3) is 0 Å². The molecule has 0 atom stereocenters. The van der Waals surface area contributed by atoms with E-state index in [2.05, 4.69) is 15.9 Å². The Labute approximate surface area is 105 Å². The van der Waals surface area contributed by atoms with Gasteiger partial charge in [0.1, 0.15) is 11.6 Å². The first-order valence-electron chi connectivity index (χ1n) is 4.57. The van der Waals surface area contributed by atoms with E-state index in [0.29, 0.717) is 0 Å². The lowest BCUT2D eigenvalue weighted by molar-refractivity contribution is -0.385. The Morgan fingerprint density at radius 1 is 1.65 bits per heavy atom. The third kappa shape index (κ3) is 2.60. The van der Waals surface area contributed by atoms with Gasteiger partial charge < -0.3 is 4.74 Å². The summed E-state index contributed by atoms with van der Waals surface area (Å²) in [4.78, 5) is 21.7. The molecule has 0 bridgehead atoms. The Kier molecular flexibility index (Phi) is 4.17. The van der Waals surface area contributed by atoms with Gasteiger partial charge in [0, 0.05) is 4.47 Å². The Morgan fingerprint density at radius 2 is 2.29 bits per heavy atom. The van der Waals surface area contributed by atoms with Crippen molar-refractivity contribution in [2.24, 2.45) is 0 Å². The number of rotatable bonds is 3. The number of benzene rings is 1. The molecule has 0 aromatic heterocycles. The lowest BCUT2D eigenvalue weighted by Gasteiger charge is -2.05. The Morgan fingerprint density at radius 3 is 2.76 bits per heavy atom. The van der Waals surface area contributed by atoms with Crippen LogP contribution < -0.4 is 0 Å². The summed E-state index contributed by atoms with van der Waals surface area (Å²) >= 11 is 3.03. The molecule has 0 fully saturated rings. The minimum Gasteiger partial charge on any atom is -0.462 e. The number of carbonyl (C=O) groups excluding carboxylic acids is 1. The predicted molar refractivity (Wildman–Crippen MR) is 61.5 cm³/mol. The van der Waals surface area contributed by atoms with Crippen LogP contribution in [0.15, 0.2) is 16.6 Å². The zero-order valence-electron chi connectivity index (χ0n) is 8.77. The van der Waals surface area contributed by atoms with E-state index < -0.39 is 16.6 Å². The molecule has 1 rings (SSSR count). The van der Waals surface area contributed by atoms with E-state index in [1.165, 1.54) is 12.1 Å². The number of esters is 1. The molecule has 6 nitrogen and oxygen atoms in total. The summed E-state index contributed by atoms with van der Waals surface area (Å²) in [7, 11) is 0. The van der Waals surface area contributed by atoms with Gasteiger partial charge in [-0.25, -0.2) is 4.79 Å². The maximum absolute atomic E-state index is 11.6. The van der Waals surface area contributed by atoms with E-state index in [-0.39, 0.29) is 22.2 Å². The molecule has 0 saturated heterocycles. The number of hydrogen-bond acceptors (Lipinski definition) is 5. The fourth-order valence-corrected chi connectivity index (χ4v) is 1.73. The summed E-state index contributed by atoms with van der Waals surface area (Å²) in [6.45, 7) is 1.69. The van der Waals surface area contributed by atoms with E-state index in [4.69, 9.17) is 10.00 Å². The first kappa shape index (κ1) is 13.1. The minimum atomic E-state index is -0.830. The standard InChI is InChI=1S/C10H7BrN2O4/c1-2-17-10(14)8-7(11)4-3-6(5-12)9(8)13(15)16/h3-4H,2H2,1H3. The first-order chi connectivity index (χ1) is 8.02. The lowest BCUT2D eigenvalue weighted by atomic mass is 10.1. The monoisotopic (exact) mass is 298 g/mol. The van der Waals surface area contributed by atoms with Crippen LogP contribution >= 0.6 is 15.9 Å². The van der Waals surface area contributed by atoms with Crippen molar-refractivity contribution in [1.82, 2.24) is 0 Å². The number of nitro benzene ring substituents is 1. The predicted octanol–water partition coefficient (Wildman–Crippen LogP) is 2.41. The molecule has 0 amide bonds. The lowest BCUT2D eigenvalue weighted by Crippen LogP contribution is -2.10. The molecule has 0 saturated carbocycles. The van der Waals surface area contributed by atoms with Gasteiger partial charge in [0.2, 0.25) is 0 Å². The second kappa shape index (κ2) is 5.41. The van der Waals surface area contributed by atoms with E-state index in [9.17, 15) is 14.9 Å². The molecule has 0 aliphatic heterocycles. The van der Waals surface area contributed by atoms with Crippen molar-refractivity contribution < 1.29 is 14.5 Å². The summed E-state index contributed by atoms with van der Waals surface area (Å²) < 4.78 is 4.94. The van der Waals surface area contributed by atoms with Gasteiger partial charge in [-0.15, -0.1) is 0 Å². The Balaban J connectivity index is 3.51. The number of halogens is 1. The van der Waals surface area contributed by atoms with Crippen LogP contribution in [0, 0.1) is 21.4 Å². The maximum Gasteiger partial charge on any atom is 0.346 e. The van der Waals surface area contributed by atoms with Crippen LogP contribution in [0.3, 0.4) is 0 Å². The molecule has 0 spiro atoms. The van der Waals surface area contributed by atoms with E-state index in [1.807, 2.05) is 0 Å². The Hall–Kier alpha value is -1.94. The van der Waals surface area contributed by atoms with Crippen molar-refractivity contribution in [1.29, 1.82) is 5.26 Å². The number of nitrogens with zero attached hydrogens (tertiary/aromatic N) is 2. The minimum absolute atomic E-state index is 0.0964. The molecule has 88 valence electrons. The van der Waals surface area contributed by atoms with Gasteiger partial charge in [-0.3, -0.25) is 10.1 Å². The SMILES string of the molecule is CCOC(=O)c1c(Br)ccc(C#N)c1[N+](=O)[O-]. The number of carbonyl (C=O) groups is 1. The summed E-state index contributed by atoms with van der Waals surface area (Å²) in [5.74, 6) is -0.830. The van der Waals surface area contributed by atoms with Crippen LogP contribution in [0.2, 0.25) is 0 Å². The highest BCUT2D eigenvalue weighted by Gasteiger charge is 2.28. The molecule has 0 radical (unpaired) electrons. The molecule has 0 aliphatic carbocycles. The number of nitriles is 1. The van der Waals surface area contributed by atoms with Gasteiger partial charge >= 0.3 is 11.7 Å². The van der Waals surface area contributed by atoms with Gasteiger partial charge in [0.15, 0.2) is 5.56 Å². The largest absolute Gasteiger partial charge is 0.462 e. The van der Waals surface area contributed by atoms with E-state index in [1.54, 1.807) is 13.0 Å². The van der Waals surface area contributed by atoms with Crippen LogP contribution in [-0.2, 0) is 4.74 Å². The third-order valence-corrected chi connectivity index (χ3v) is 2.57. The highest BCUT2D eigenvalue weighted by atomic mass is 79.9. The zero-order valence-corrected chi connectivity index (χ0v) is 10.4. The van der Waals surface area contributed by atoms with Crippen molar-refractivity contribution in [3.8, 4) is 6.07 Å². The number of ether oxygens (including phenoxy) is 1. The molecular formula is C10H7BrN2O4. The van der Waals surface area contributed by atoms with Gasteiger partial charge in [0.25, 0.3) is 0 Å². The maximum atomic E-state index is 11.6. The summed E-state index contributed by atoms with van der Waals surface area (Å²) in [6.07, 6.45) is 0. The van der Waals surface area contributed by atoms with Gasteiger partial charge in [-0.1, -0.05) is 0 Å². The van der Waals surface area contributed by atoms with Crippen LogP contribution in [-0.4, -0.2) is 17.5 Å². The number of nitro groups is 1. The zero-order chi connectivity index (χ0) is 13.0. The van der Waals surface area contributed by atoms with E-state index in [0.717, 1.165) is 0 Å². The van der Waals surface area contributed by atoms with Crippen molar-refractivity contribution in [3.05, 3.63) is 37.8 Å². The highest BCUT2D eigenvalue weighted by molar-refractivity contribution is 9.10. The van der Waals surface area contributed by atoms with Gasteiger partial charge in [-0.2, -0.15) is 5.26 Å². The molecule has 0 heterocycles. The second-order valence-corrected chi connectivity index (χ2v) is 3.76. The quantitative estimate of drug-likeness (QED) is 0.485. The fraction of sp³-hybridized carbons (Fsp3) is 0.200. The molecule has 0 N–H and O–H groups in total. The average molecular weight is 299 g/mol. The number of hydrogen-bond donors (Lipinski definition) is 0. The van der Waals surface area contributed by atoms with Crippen molar-refractivity contribution >= 4 is 27.6 Å². The normalized spacial score (nSPS) is 9.47. The molecular weight excluding hydrogens is 292 g/mol. The van der Waals surface area contributed by atoms with Crippen molar-refractivity contribution in [3.63, 3.8) is 0 Å². The van der Waals surface area contributed by atoms with Crippen molar-refractivity contribution in [2.45, 2.75) is 6.92 Å². The summed E-state index contributed by atoms with van der Waals surface area (Å²) in [5, 5.41) is 19.7. The van der Waals surface area contributed by atoms with Gasteiger partial charge in [0.05, 0.1) is 11.5 Å². The van der Waals surface area contributed by atoms with E-state index >= 15 is 0 Å². The molecule has 1 aromatic rings. The highest BCUT2D eigenvalue weighted by Crippen LogP contribution is 2.30. The smallest absolute Gasteiger partial charge is 0.346 e. The van der Waals surface area contributed by atoms with Gasteiger partial charge in [-0.05, 0) is 35.0 Å². The summed E-state index contributed by atoms with van der Waals surface area (Å²) in [5.41, 5.74) is -0.961. The molecule has 1 aromatic carbocycles. The molecule has 0 aliphatic rings. The fourth-order valence-electron chi connectivity index (χ4n) is 1.24.